The molecule has 4 nitrogen and oxygen atoms in total. The Morgan fingerprint density at radius 3 is 2.67 bits per heavy atom. The summed E-state index contributed by atoms with van der Waals surface area (Å²) in [4.78, 5) is 16.5. The van der Waals surface area contributed by atoms with Gasteiger partial charge in [-0.2, -0.15) is 5.26 Å². The predicted octanol–water partition coefficient (Wildman–Crippen LogP) is 4.73. The summed E-state index contributed by atoms with van der Waals surface area (Å²) in [7, 11) is 0. The lowest BCUT2D eigenvalue weighted by atomic mass is 10.1. The number of hydrogen-bond donors (Lipinski definition) is 1. The highest BCUT2D eigenvalue weighted by Crippen LogP contribution is 2.26. The van der Waals surface area contributed by atoms with E-state index in [1.54, 1.807) is 29.6 Å². The van der Waals surface area contributed by atoms with Crippen molar-refractivity contribution in [2.45, 2.75) is 0 Å². The zero-order chi connectivity index (χ0) is 17.1. The number of nitrogens with one attached hydrogen (secondary N) is 1. The molecule has 1 N–H and O–H groups in total. The van der Waals surface area contributed by atoms with Gasteiger partial charge >= 0.3 is 0 Å². The smallest absolute Gasteiger partial charge is 0.258 e. The first-order valence-electron chi connectivity index (χ1n) is 6.79. The number of carbonyl (C=O) groups excluding carboxylic acids is 1. The first kappa shape index (κ1) is 16.1. The van der Waals surface area contributed by atoms with Gasteiger partial charge in [0.2, 0.25) is 0 Å². The van der Waals surface area contributed by atoms with E-state index >= 15 is 0 Å². The van der Waals surface area contributed by atoms with Gasteiger partial charge in [0.1, 0.15) is 5.82 Å². The SMILES string of the molecule is N#Cc1ccc(-c2csc(NC(=O)c3ccc(F)cc3Cl)n2)cc1. The van der Waals surface area contributed by atoms with Crippen molar-refractivity contribution in [3.63, 3.8) is 0 Å². The lowest BCUT2D eigenvalue weighted by molar-refractivity contribution is 0.102. The molecule has 0 aliphatic heterocycles. The van der Waals surface area contributed by atoms with Crippen molar-refractivity contribution in [1.82, 2.24) is 4.98 Å². The Labute approximate surface area is 146 Å². The molecule has 0 aliphatic carbocycles. The molecule has 0 radical (unpaired) electrons. The first-order valence-corrected chi connectivity index (χ1v) is 8.05. The molecule has 24 heavy (non-hydrogen) atoms. The number of anilines is 1. The molecule has 3 rings (SSSR count). The quantitative estimate of drug-likeness (QED) is 0.737. The summed E-state index contributed by atoms with van der Waals surface area (Å²) >= 11 is 7.14. The van der Waals surface area contributed by atoms with Gasteiger partial charge in [-0.15, -0.1) is 11.3 Å². The van der Waals surface area contributed by atoms with Gasteiger partial charge in [0.15, 0.2) is 5.13 Å². The molecular formula is C17H9ClFN3OS. The number of nitrogens with zero attached hydrogens (tertiary/aromatic N) is 2. The molecular weight excluding hydrogens is 349 g/mol. The van der Waals surface area contributed by atoms with E-state index in [1.165, 1.54) is 23.5 Å². The van der Waals surface area contributed by atoms with Gasteiger partial charge in [-0.1, -0.05) is 23.7 Å². The van der Waals surface area contributed by atoms with Gasteiger partial charge in [0, 0.05) is 10.9 Å². The molecule has 0 spiro atoms. The Bertz CT molecular complexity index is 947. The highest BCUT2D eigenvalue weighted by atomic mass is 35.5. The summed E-state index contributed by atoms with van der Waals surface area (Å²) < 4.78 is 13.0. The number of rotatable bonds is 3. The Kier molecular flexibility index (Phi) is 4.56. The molecule has 0 unspecified atom stereocenters. The molecule has 7 heteroatoms. The maximum Gasteiger partial charge on any atom is 0.258 e. The second kappa shape index (κ2) is 6.79. The normalized spacial score (nSPS) is 10.2. The second-order valence-corrected chi connectivity index (χ2v) is 6.07. The fourth-order valence-electron chi connectivity index (χ4n) is 2.02. The standard InChI is InChI=1S/C17H9ClFN3OS/c18-14-7-12(19)5-6-13(14)16(23)22-17-21-15(9-24-17)11-3-1-10(8-20)2-4-11/h1-7,9H,(H,21,22,23). The maximum absolute atomic E-state index is 13.0. The van der Waals surface area contributed by atoms with Gasteiger partial charge in [0.05, 0.1) is 27.9 Å². The lowest BCUT2D eigenvalue weighted by Crippen LogP contribution is -2.12. The monoisotopic (exact) mass is 357 g/mol. The highest BCUT2D eigenvalue weighted by Gasteiger charge is 2.13. The van der Waals surface area contributed by atoms with E-state index in [0.717, 1.165) is 11.6 Å². The number of nitriles is 1. The first-order chi connectivity index (χ1) is 11.6. The molecule has 1 amide bonds. The average Bonchev–Trinajstić information content (AvgIpc) is 3.03. The minimum atomic E-state index is -0.506. The number of aromatic nitrogens is 1. The number of amides is 1. The topological polar surface area (TPSA) is 65.8 Å². The Hall–Kier alpha value is -2.75. The van der Waals surface area contributed by atoms with Gasteiger partial charge < -0.3 is 0 Å². The van der Waals surface area contributed by atoms with E-state index in [0.29, 0.717) is 16.4 Å². The Morgan fingerprint density at radius 1 is 1.25 bits per heavy atom. The van der Waals surface area contributed by atoms with Crippen molar-refractivity contribution in [3.8, 4) is 17.3 Å². The predicted molar refractivity (Wildman–Crippen MR) is 91.6 cm³/mol. The van der Waals surface area contributed by atoms with Crippen LogP contribution in [0.5, 0.6) is 0 Å². The van der Waals surface area contributed by atoms with E-state index in [4.69, 9.17) is 16.9 Å². The molecule has 118 valence electrons. The van der Waals surface area contributed by atoms with Gasteiger partial charge in [-0.25, -0.2) is 9.37 Å². The highest BCUT2D eigenvalue weighted by molar-refractivity contribution is 7.14. The summed E-state index contributed by atoms with van der Waals surface area (Å²) in [6.45, 7) is 0. The molecule has 0 saturated carbocycles. The van der Waals surface area contributed by atoms with Crippen LogP contribution in [0, 0.1) is 17.1 Å². The molecule has 2 aromatic carbocycles. The summed E-state index contributed by atoms with van der Waals surface area (Å²) in [5.41, 5.74) is 2.26. The van der Waals surface area contributed by atoms with Crippen LogP contribution in [0.1, 0.15) is 15.9 Å². The van der Waals surface area contributed by atoms with Crippen LogP contribution in [-0.4, -0.2) is 10.9 Å². The molecule has 0 fully saturated rings. The third-order valence-corrected chi connectivity index (χ3v) is 4.28. The second-order valence-electron chi connectivity index (χ2n) is 4.81. The van der Waals surface area contributed by atoms with Crippen LogP contribution in [0.3, 0.4) is 0 Å². The molecule has 0 aliphatic rings. The molecule has 0 atom stereocenters. The van der Waals surface area contributed by atoms with Gasteiger partial charge in [0.25, 0.3) is 5.91 Å². The van der Waals surface area contributed by atoms with Crippen LogP contribution in [0.2, 0.25) is 5.02 Å². The zero-order valence-corrected chi connectivity index (χ0v) is 13.7. The number of halogens is 2. The number of carbonyl (C=O) groups is 1. The minimum absolute atomic E-state index is 0.0383. The summed E-state index contributed by atoms with van der Waals surface area (Å²) in [5.74, 6) is -0.963. The number of thiazole rings is 1. The van der Waals surface area contributed by atoms with Gasteiger partial charge in [-0.3, -0.25) is 10.1 Å². The fraction of sp³-hybridized carbons (Fsp3) is 0. The van der Waals surface area contributed by atoms with Crippen molar-refractivity contribution in [3.05, 3.63) is 69.8 Å². The lowest BCUT2D eigenvalue weighted by Gasteiger charge is -2.04. The van der Waals surface area contributed by atoms with E-state index < -0.39 is 11.7 Å². The van der Waals surface area contributed by atoms with Crippen molar-refractivity contribution in [2.24, 2.45) is 0 Å². The summed E-state index contributed by atoms with van der Waals surface area (Å²) in [5, 5.41) is 13.7. The summed E-state index contributed by atoms with van der Waals surface area (Å²) in [6, 6.07) is 12.6. The van der Waals surface area contributed by atoms with E-state index in [2.05, 4.69) is 16.4 Å². The Balaban J connectivity index is 1.78. The van der Waals surface area contributed by atoms with Crippen molar-refractivity contribution < 1.29 is 9.18 Å². The van der Waals surface area contributed by atoms with Gasteiger partial charge in [-0.05, 0) is 30.3 Å². The fourth-order valence-corrected chi connectivity index (χ4v) is 2.99. The van der Waals surface area contributed by atoms with Crippen LogP contribution in [0.25, 0.3) is 11.3 Å². The largest absolute Gasteiger partial charge is 0.298 e. The Morgan fingerprint density at radius 2 is 2.00 bits per heavy atom. The van der Waals surface area contributed by atoms with E-state index in [9.17, 15) is 9.18 Å². The molecule has 0 saturated heterocycles. The summed E-state index contributed by atoms with van der Waals surface area (Å²) in [6.07, 6.45) is 0. The third-order valence-electron chi connectivity index (χ3n) is 3.21. The van der Waals surface area contributed by atoms with Crippen molar-refractivity contribution in [1.29, 1.82) is 5.26 Å². The number of hydrogen-bond acceptors (Lipinski definition) is 4. The third kappa shape index (κ3) is 3.43. The van der Waals surface area contributed by atoms with Crippen LogP contribution in [0.15, 0.2) is 47.8 Å². The van der Waals surface area contributed by atoms with E-state index in [1.807, 2.05) is 0 Å². The van der Waals surface area contributed by atoms with Crippen LogP contribution >= 0.6 is 22.9 Å². The van der Waals surface area contributed by atoms with Crippen molar-refractivity contribution in [2.75, 3.05) is 5.32 Å². The zero-order valence-electron chi connectivity index (χ0n) is 12.1. The minimum Gasteiger partial charge on any atom is -0.298 e. The molecule has 1 heterocycles. The van der Waals surface area contributed by atoms with E-state index in [-0.39, 0.29) is 10.6 Å². The van der Waals surface area contributed by atoms with Crippen LogP contribution in [-0.2, 0) is 0 Å². The van der Waals surface area contributed by atoms with Crippen LogP contribution < -0.4 is 5.32 Å². The molecule has 3 aromatic rings. The molecule has 0 bridgehead atoms. The maximum atomic E-state index is 13.0. The number of benzene rings is 2. The average molecular weight is 358 g/mol. The van der Waals surface area contributed by atoms with Crippen molar-refractivity contribution >= 4 is 34.0 Å². The molecule has 1 aromatic heterocycles. The van der Waals surface area contributed by atoms with Crippen LogP contribution in [0.4, 0.5) is 9.52 Å².